The van der Waals surface area contributed by atoms with Gasteiger partial charge in [-0.3, -0.25) is 11.3 Å². The summed E-state index contributed by atoms with van der Waals surface area (Å²) in [6.07, 6.45) is 0.754. The van der Waals surface area contributed by atoms with Gasteiger partial charge in [0, 0.05) is 11.5 Å². The van der Waals surface area contributed by atoms with Gasteiger partial charge in [0.25, 0.3) is 0 Å². The molecule has 0 amide bonds. The van der Waals surface area contributed by atoms with Crippen molar-refractivity contribution in [1.29, 1.82) is 0 Å². The van der Waals surface area contributed by atoms with E-state index in [2.05, 4.69) is 31.4 Å². The zero-order valence-electron chi connectivity index (χ0n) is 12.9. The van der Waals surface area contributed by atoms with E-state index in [1.165, 1.54) is 11.6 Å². The summed E-state index contributed by atoms with van der Waals surface area (Å²) < 4.78 is 13.2. The Hall–Kier alpha value is -1.71. The van der Waals surface area contributed by atoms with Gasteiger partial charge in [0.2, 0.25) is 0 Å². The summed E-state index contributed by atoms with van der Waals surface area (Å²) in [5.41, 5.74) is 6.11. The molecule has 0 aliphatic heterocycles. The number of hydrogen-bond acceptors (Lipinski definition) is 2. The van der Waals surface area contributed by atoms with Crippen molar-refractivity contribution < 1.29 is 4.39 Å². The fraction of sp³-hybridized carbons (Fsp3) is 0.333. The molecule has 0 spiro atoms. The SMILES string of the molecule is Cc1cc(F)ccc1CC(NN)C(C)(C)c1ccccc1. The Labute approximate surface area is 126 Å². The Bertz CT molecular complexity index is 593. The molecule has 0 radical (unpaired) electrons. The van der Waals surface area contributed by atoms with Crippen molar-refractivity contribution in [1.82, 2.24) is 5.43 Å². The van der Waals surface area contributed by atoms with Crippen LogP contribution in [0.5, 0.6) is 0 Å². The lowest BCUT2D eigenvalue weighted by molar-refractivity contribution is 0.341. The molecule has 2 nitrogen and oxygen atoms in total. The Morgan fingerprint density at radius 1 is 1.14 bits per heavy atom. The van der Waals surface area contributed by atoms with Gasteiger partial charge in [-0.25, -0.2) is 4.39 Å². The van der Waals surface area contributed by atoms with E-state index in [9.17, 15) is 4.39 Å². The van der Waals surface area contributed by atoms with E-state index in [4.69, 9.17) is 5.84 Å². The monoisotopic (exact) mass is 286 g/mol. The zero-order chi connectivity index (χ0) is 15.5. The molecule has 3 heteroatoms. The Kier molecular flexibility index (Phi) is 4.76. The molecule has 0 aliphatic carbocycles. The standard InChI is InChI=1S/C18H23FN2/c1-13-11-16(19)10-9-14(13)12-17(21-20)18(2,3)15-7-5-4-6-8-15/h4-11,17,21H,12,20H2,1-3H3. The van der Waals surface area contributed by atoms with Crippen molar-refractivity contribution >= 4 is 0 Å². The van der Waals surface area contributed by atoms with E-state index < -0.39 is 0 Å². The summed E-state index contributed by atoms with van der Waals surface area (Å²) in [4.78, 5) is 0. The normalized spacial score (nSPS) is 13.2. The second-order valence-electron chi connectivity index (χ2n) is 6.08. The third-order valence-corrected chi connectivity index (χ3v) is 4.32. The molecule has 0 heterocycles. The van der Waals surface area contributed by atoms with Gasteiger partial charge in [-0.15, -0.1) is 0 Å². The van der Waals surface area contributed by atoms with Crippen molar-refractivity contribution in [2.24, 2.45) is 5.84 Å². The highest BCUT2D eigenvalue weighted by molar-refractivity contribution is 5.31. The van der Waals surface area contributed by atoms with Crippen molar-refractivity contribution in [2.45, 2.75) is 38.6 Å². The van der Waals surface area contributed by atoms with Crippen LogP contribution < -0.4 is 11.3 Å². The summed E-state index contributed by atoms with van der Waals surface area (Å²) in [6.45, 7) is 6.28. The number of hydrazine groups is 1. The molecule has 1 atom stereocenters. The summed E-state index contributed by atoms with van der Waals surface area (Å²) in [6, 6.07) is 15.3. The molecule has 0 saturated carbocycles. The highest BCUT2D eigenvalue weighted by Crippen LogP contribution is 2.29. The summed E-state index contributed by atoms with van der Waals surface area (Å²) in [7, 11) is 0. The van der Waals surface area contributed by atoms with Crippen molar-refractivity contribution in [3.63, 3.8) is 0 Å². The van der Waals surface area contributed by atoms with Gasteiger partial charge in [-0.2, -0.15) is 0 Å². The fourth-order valence-corrected chi connectivity index (χ4v) is 2.70. The smallest absolute Gasteiger partial charge is 0.123 e. The highest BCUT2D eigenvalue weighted by atomic mass is 19.1. The van der Waals surface area contributed by atoms with E-state index in [0.29, 0.717) is 0 Å². The van der Waals surface area contributed by atoms with E-state index in [0.717, 1.165) is 17.5 Å². The average molecular weight is 286 g/mol. The third kappa shape index (κ3) is 3.49. The molecule has 2 rings (SSSR count). The lowest BCUT2D eigenvalue weighted by atomic mass is 9.75. The van der Waals surface area contributed by atoms with Gasteiger partial charge >= 0.3 is 0 Å². The van der Waals surface area contributed by atoms with Gasteiger partial charge in [-0.05, 0) is 42.2 Å². The quantitative estimate of drug-likeness (QED) is 0.652. The number of halogens is 1. The molecule has 21 heavy (non-hydrogen) atoms. The first kappa shape index (κ1) is 15.7. The van der Waals surface area contributed by atoms with Crippen LogP contribution in [0.15, 0.2) is 48.5 Å². The molecule has 112 valence electrons. The first-order chi connectivity index (χ1) is 9.95. The molecule has 0 saturated heterocycles. The number of aryl methyl sites for hydroxylation is 1. The molecule has 1 unspecified atom stereocenters. The predicted octanol–water partition coefficient (Wildman–Crippen LogP) is 3.49. The van der Waals surface area contributed by atoms with Crippen molar-refractivity contribution in [3.05, 3.63) is 71.0 Å². The van der Waals surface area contributed by atoms with E-state index in [1.807, 2.05) is 31.2 Å². The first-order valence-electron chi connectivity index (χ1n) is 7.22. The van der Waals surface area contributed by atoms with E-state index in [-0.39, 0.29) is 17.3 Å². The van der Waals surface area contributed by atoms with Crippen LogP contribution in [0.2, 0.25) is 0 Å². The van der Waals surface area contributed by atoms with Crippen LogP contribution in [-0.4, -0.2) is 6.04 Å². The number of rotatable bonds is 5. The fourth-order valence-electron chi connectivity index (χ4n) is 2.70. The molecule has 2 aromatic carbocycles. The third-order valence-electron chi connectivity index (χ3n) is 4.32. The summed E-state index contributed by atoms with van der Waals surface area (Å²) in [5, 5.41) is 0. The maximum atomic E-state index is 13.2. The summed E-state index contributed by atoms with van der Waals surface area (Å²) in [5.74, 6) is 5.60. The van der Waals surface area contributed by atoms with Gasteiger partial charge in [-0.1, -0.05) is 50.2 Å². The molecule has 0 aromatic heterocycles. The Balaban J connectivity index is 2.27. The lowest BCUT2D eigenvalue weighted by Gasteiger charge is -2.35. The molecule has 0 bridgehead atoms. The van der Waals surface area contributed by atoms with Crippen molar-refractivity contribution in [3.8, 4) is 0 Å². The largest absolute Gasteiger partial charge is 0.271 e. The van der Waals surface area contributed by atoms with Crippen LogP contribution in [0.3, 0.4) is 0 Å². The second kappa shape index (κ2) is 6.37. The van der Waals surface area contributed by atoms with Gasteiger partial charge in [0.05, 0.1) is 0 Å². The maximum Gasteiger partial charge on any atom is 0.123 e. The average Bonchev–Trinajstić information content (AvgIpc) is 2.47. The molecular weight excluding hydrogens is 263 g/mol. The van der Waals surface area contributed by atoms with Gasteiger partial charge in [0.15, 0.2) is 0 Å². The van der Waals surface area contributed by atoms with Gasteiger partial charge < -0.3 is 0 Å². The Morgan fingerprint density at radius 3 is 2.38 bits per heavy atom. The van der Waals surface area contributed by atoms with E-state index >= 15 is 0 Å². The van der Waals surface area contributed by atoms with Crippen LogP contribution in [0.1, 0.15) is 30.5 Å². The Morgan fingerprint density at radius 2 is 1.81 bits per heavy atom. The minimum Gasteiger partial charge on any atom is -0.271 e. The van der Waals surface area contributed by atoms with Crippen LogP contribution in [-0.2, 0) is 11.8 Å². The molecular formula is C18H23FN2. The first-order valence-corrected chi connectivity index (χ1v) is 7.22. The predicted molar refractivity (Wildman–Crippen MR) is 85.4 cm³/mol. The zero-order valence-corrected chi connectivity index (χ0v) is 12.9. The van der Waals surface area contributed by atoms with E-state index in [1.54, 1.807) is 6.07 Å². The molecule has 0 aliphatic rings. The van der Waals surface area contributed by atoms with Crippen molar-refractivity contribution in [2.75, 3.05) is 0 Å². The van der Waals surface area contributed by atoms with Crippen LogP contribution in [0.4, 0.5) is 4.39 Å². The van der Waals surface area contributed by atoms with Crippen LogP contribution in [0, 0.1) is 12.7 Å². The molecule has 3 N–H and O–H groups in total. The molecule has 2 aromatic rings. The number of nitrogens with two attached hydrogens (primary N) is 1. The minimum atomic E-state index is -0.198. The topological polar surface area (TPSA) is 38.0 Å². The number of benzene rings is 2. The summed E-state index contributed by atoms with van der Waals surface area (Å²) >= 11 is 0. The second-order valence-corrected chi connectivity index (χ2v) is 6.08. The van der Waals surface area contributed by atoms with Crippen LogP contribution in [0.25, 0.3) is 0 Å². The molecule has 0 fully saturated rings. The maximum absolute atomic E-state index is 13.2. The highest BCUT2D eigenvalue weighted by Gasteiger charge is 2.30. The van der Waals surface area contributed by atoms with Gasteiger partial charge in [0.1, 0.15) is 5.82 Å². The van der Waals surface area contributed by atoms with Crippen LogP contribution >= 0.6 is 0 Å². The lowest BCUT2D eigenvalue weighted by Crippen LogP contribution is -2.49. The minimum absolute atomic E-state index is 0.0593. The number of nitrogens with one attached hydrogen (secondary N) is 1. The number of hydrogen-bond donors (Lipinski definition) is 2.